The Hall–Kier alpha value is -0.300. The van der Waals surface area contributed by atoms with Crippen molar-refractivity contribution in [3.8, 4) is 0 Å². The molecule has 18 heavy (non-hydrogen) atoms. The molecule has 1 saturated heterocycles. The van der Waals surface area contributed by atoms with E-state index < -0.39 is 0 Å². The smallest absolute Gasteiger partial charge is 0.141 e. The van der Waals surface area contributed by atoms with Crippen molar-refractivity contribution >= 4 is 23.5 Å². The zero-order valence-electron chi connectivity index (χ0n) is 10.5. The Kier molecular flexibility index (Phi) is 4.89. The Morgan fingerprint density at radius 3 is 2.83 bits per heavy atom. The molecule has 1 aromatic rings. The molecule has 2 rings (SSSR count). The van der Waals surface area contributed by atoms with Gasteiger partial charge in [0.05, 0.1) is 12.2 Å². The minimum atomic E-state index is -0.317. The highest BCUT2D eigenvalue weighted by atomic mass is 32.2. The first kappa shape index (κ1) is 14.1. The second kappa shape index (κ2) is 6.23. The summed E-state index contributed by atoms with van der Waals surface area (Å²) in [6.07, 6.45) is 2.89. The molecule has 100 valence electrons. The highest BCUT2D eigenvalue weighted by Crippen LogP contribution is 2.40. The molecule has 0 aliphatic carbocycles. The van der Waals surface area contributed by atoms with Gasteiger partial charge in [-0.1, -0.05) is 13.8 Å². The highest BCUT2D eigenvalue weighted by Gasteiger charge is 2.31. The summed E-state index contributed by atoms with van der Waals surface area (Å²) in [4.78, 5) is 3.90. The van der Waals surface area contributed by atoms with Crippen LogP contribution in [0.2, 0.25) is 0 Å². The van der Waals surface area contributed by atoms with E-state index in [0.29, 0.717) is 15.7 Å². The molecule has 6 heteroatoms. The summed E-state index contributed by atoms with van der Waals surface area (Å²) >= 11 is 3.86. The second-order valence-electron chi connectivity index (χ2n) is 4.50. The monoisotopic (exact) mass is 287 g/mol. The number of thioether (sulfide) groups is 2. The van der Waals surface area contributed by atoms with Gasteiger partial charge in [-0.25, -0.2) is 4.39 Å². The van der Waals surface area contributed by atoms with Crippen LogP contribution in [0.15, 0.2) is 18.5 Å². The van der Waals surface area contributed by atoms with Crippen molar-refractivity contribution < 1.29 is 4.39 Å². The number of hydrogen-bond donors (Lipinski definition) is 2. The van der Waals surface area contributed by atoms with E-state index in [0.717, 1.165) is 11.3 Å². The van der Waals surface area contributed by atoms with Crippen LogP contribution in [0.4, 0.5) is 4.39 Å². The number of nitrogens with two attached hydrogens (primary N) is 1. The summed E-state index contributed by atoms with van der Waals surface area (Å²) in [6, 6.07) is 1.45. The first-order valence-electron chi connectivity index (χ1n) is 5.95. The van der Waals surface area contributed by atoms with Gasteiger partial charge in [-0.15, -0.1) is 0 Å². The average molecular weight is 287 g/mol. The number of nitrogens with zero attached hydrogens (tertiary/aromatic N) is 1. The lowest BCUT2D eigenvalue weighted by Crippen LogP contribution is -2.40. The summed E-state index contributed by atoms with van der Waals surface area (Å²) in [5.41, 5.74) is 3.63. The predicted molar refractivity (Wildman–Crippen MR) is 77.0 cm³/mol. The van der Waals surface area contributed by atoms with Gasteiger partial charge in [0, 0.05) is 27.7 Å². The van der Waals surface area contributed by atoms with Crippen molar-refractivity contribution in [2.45, 2.75) is 35.6 Å². The molecule has 1 aliphatic rings. The van der Waals surface area contributed by atoms with Crippen LogP contribution in [-0.4, -0.2) is 26.5 Å². The summed E-state index contributed by atoms with van der Waals surface area (Å²) in [5.74, 6) is 6.34. The number of nitrogens with one attached hydrogen (secondary N) is 1. The van der Waals surface area contributed by atoms with Gasteiger partial charge in [0.15, 0.2) is 0 Å². The zero-order valence-corrected chi connectivity index (χ0v) is 12.1. The fraction of sp³-hybridized carbons (Fsp3) is 0.583. The normalized spacial score (nSPS) is 30.1. The van der Waals surface area contributed by atoms with Crippen LogP contribution in [-0.2, 0) is 0 Å². The molecule has 0 spiro atoms. The van der Waals surface area contributed by atoms with E-state index in [9.17, 15) is 4.39 Å². The molecular weight excluding hydrogens is 269 g/mol. The number of pyridine rings is 1. The topological polar surface area (TPSA) is 50.9 Å². The van der Waals surface area contributed by atoms with Crippen molar-refractivity contribution in [3.63, 3.8) is 0 Å². The summed E-state index contributed by atoms with van der Waals surface area (Å²) in [7, 11) is 0. The van der Waals surface area contributed by atoms with E-state index >= 15 is 0 Å². The first-order valence-corrected chi connectivity index (χ1v) is 7.94. The van der Waals surface area contributed by atoms with Gasteiger partial charge in [0.2, 0.25) is 0 Å². The molecule has 0 bridgehead atoms. The fourth-order valence-corrected chi connectivity index (χ4v) is 5.10. The molecule has 1 aromatic heterocycles. The maximum Gasteiger partial charge on any atom is 0.141 e. The fourth-order valence-electron chi connectivity index (χ4n) is 2.00. The quantitative estimate of drug-likeness (QED) is 0.660. The molecule has 0 saturated carbocycles. The predicted octanol–water partition coefficient (Wildman–Crippen LogP) is 2.35. The van der Waals surface area contributed by atoms with Crippen LogP contribution in [0.25, 0.3) is 0 Å². The van der Waals surface area contributed by atoms with E-state index in [1.807, 2.05) is 23.5 Å². The van der Waals surface area contributed by atoms with Crippen molar-refractivity contribution in [1.29, 1.82) is 0 Å². The van der Waals surface area contributed by atoms with Crippen molar-refractivity contribution in [1.82, 2.24) is 10.4 Å². The van der Waals surface area contributed by atoms with Crippen LogP contribution in [0.1, 0.15) is 25.5 Å². The number of aromatic nitrogens is 1. The molecule has 1 aliphatic heterocycles. The number of hydrogen-bond acceptors (Lipinski definition) is 5. The van der Waals surface area contributed by atoms with E-state index in [-0.39, 0.29) is 11.9 Å². The first-order chi connectivity index (χ1) is 8.61. The Bertz CT molecular complexity index is 405. The molecule has 0 aromatic carbocycles. The van der Waals surface area contributed by atoms with Crippen molar-refractivity contribution in [3.05, 3.63) is 29.8 Å². The molecule has 2 heterocycles. The average Bonchev–Trinajstić information content (AvgIpc) is 2.35. The minimum Gasteiger partial charge on any atom is -0.271 e. The van der Waals surface area contributed by atoms with Gasteiger partial charge in [0.1, 0.15) is 5.82 Å². The molecule has 0 amide bonds. The molecule has 4 atom stereocenters. The standard InChI is InChI=1S/C12H18FN3S2/c1-7-8(2)18-11(6-17-7)12(16-14)9-3-10(13)5-15-4-9/h3-5,7-8,11-12,16H,6,14H2,1-2H3. The molecule has 1 fully saturated rings. The van der Waals surface area contributed by atoms with E-state index in [1.165, 1.54) is 12.3 Å². The maximum atomic E-state index is 13.2. The van der Waals surface area contributed by atoms with Gasteiger partial charge in [-0.3, -0.25) is 16.3 Å². The molecular formula is C12H18FN3S2. The Morgan fingerprint density at radius 2 is 2.22 bits per heavy atom. The SMILES string of the molecule is CC1SCC(C(NN)c2cncc(F)c2)SC1C. The Labute approximate surface area is 115 Å². The van der Waals surface area contributed by atoms with Crippen LogP contribution in [0, 0.1) is 5.82 Å². The zero-order chi connectivity index (χ0) is 13.1. The van der Waals surface area contributed by atoms with E-state index in [4.69, 9.17) is 5.84 Å². The number of halogens is 1. The minimum absolute atomic E-state index is 0.0550. The lowest BCUT2D eigenvalue weighted by Gasteiger charge is -2.35. The summed E-state index contributed by atoms with van der Waals surface area (Å²) in [5, 5.41) is 1.57. The van der Waals surface area contributed by atoms with Crippen molar-refractivity contribution in [2.75, 3.05) is 5.75 Å². The number of hydrazine groups is 1. The lowest BCUT2D eigenvalue weighted by atomic mass is 10.1. The Morgan fingerprint density at radius 1 is 1.44 bits per heavy atom. The van der Waals surface area contributed by atoms with Gasteiger partial charge in [-0.2, -0.15) is 23.5 Å². The van der Waals surface area contributed by atoms with E-state index in [1.54, 1.807) is 6.20 Å². The van der Waals surface area contributed by atoms with Gasteiger partial charge in [0.25, 0.3) is 0 Å². The largest absolute Gasteiger partial charge is 0.271 e. The number of rotatable bonds is 3. The molecule has 4 unspecified atom stereocenters. The third-order valence-electron chi connectivity index (χ3n) is 3.21. The lowest BCUT2D eigenvalue weighted by molar-refractivity contribution is 0.539. The van der Waals surface area contributed by atoms with Gasteiger partial charge >= 0.3 is 0 Å². The maximum absolute atomic E-state index is 13.2. The van der Waals surface area contributed by atoms with Crippen LogP contribution in [0.3, 0.4) is 0 Å². The highest BCUT2D eigenvalue weighted by molar-refractivity contribution is 8.07. The van der Waals surface area contributed by atoms with Crippen LogP contribution < -0.4 is 11.3 Å². The molecule has 0 radical (unpaired) electrons. The third kappa shape index (κ3) is 3.17. The molecule has 3 nitrogen and oxygen atoms in total. The second-order valence-corrected chi connectivity index (χ2v) is 7.53. The molecule has 3 N–H and O–H groups in total. The van der Waals surface area contributed by atoms with Crippen LogP contribution >= 0.6 is 23.5 Å². The van der Waals surface area contributed by atoms with Gasteiger partial charge < -0.3 is 0 Å². The summed E-state index contributed by atoms with van der Waals surface area (Å²) < 4.78 is 13.2. The summed E-state index contributed by atoms with van der Waals surface area (Å²) in [6.45, 7) is 4.47. The van der Waals surface area contributed by atoms with Crippen LogP contribution in [0.5, 0.6) is 0 Å². The third-order valence-corrected chi connectivity index (χ3v) is 6.71. The van der Waals surface area contributed by atoms with Gasteiger partial charge in [-0.05, 0) is 11.6 Å². The van der Waals surface area contributed by atoms with E-state index in [2.05, 4.69) is 24.3 Å². The van der Waals surface area contributed by atoms with Crippen molar-refractivity contribution in [2.24, 2.45) is 5.84 Å². The Balaban J connectivity index is 2.14.